The number of hydrogen-bond donors (Lipinski definition) is 8. The number of fused-ring (bicyclic) bond motifs is 1. The molecule has 1 unspecified atom stereocenters. The topological polar surface area (TPSA) is 257 Å². The number of para-hydroxylation sites is 1. The molecular formula is C32H41FN10O5. The molecule has 256 valence electrons. The number of aliphatic imine (C=N–C) groups is 1. The minimum atomic E-state index is -1.09. The molecule has 2 heterocycles. The smallest absolute Gasteiger partial charge is 0.243 e. The van der Waals surface area contributed by atoms with Crippen molar-refractivity contribution in [2.75, 3.05) is 19.6 Å². The molecule has 15 nitrogen and oxygen atoms in total. The van der Waals surface area contributed by atoms with Gasteiger partial charge in [0.15, 0.2) is 5.96 Å². The zero-order valence-corrected chi connectivity index (χ0v) is 26.3. The summed E-state index contributed by atoms with van der Waals surface area (Å²) in [6, 6.07) is 9.15. The van der Waals surface area contributed by atoms with Crippen LogP contribution < -0.4 is 38.9 Å². The van der Waals surface area contributed by atoms with Crippen LogP contribution in [0.25, 0.3) is 10.9 Å². The van der Waals surface area contributed by atoms with Crippen molar-refractivity contribution in [3.8, 4) is 0 Å². The normalized spacial score (nSPS) is 15.8. The SMILES string of the molecule is NC(=O)[C@H](Cc1c[nH]c2ccccc12)NC(=O)CNC(=O)[C@H](CCCN=C(N)N)NC(=O)C1CCN1C(=O)[C@@H](N)Cc1ccc(F)cc1. The molecular weight excluding hydrogens is 623 g/mol. The predicted molar refractivity (Wildman–Crippen MR) is 176 cm³/mol. The largest absolute Gasteiger partial charge is 0.370 e. The van der Waals surface area contributed by atoms with Crippen molar-refractivity contribution in [2.24, 2.45) is 27.9 Å². The number of nitrogens with two attached hydrogens (primary N) is 4. The number of aromatic amines is 1. The minimum Gasteiger partial charge on any atom is -0.370 e. The number of primary amides is 1. The van der Waals surface area contributed by atoms with Crippen molar-refractivity contribution >= 4 is 46.4 Å². The van der Waals surface area contributed by atoms with Gasteiger partial charge in [-0.15, -0.1) is 0 Å². The van der Waals surface area contributed by atoms with Gasteiger partial charge in [-0.1, -0.05) is 30.3 Å². The van der Waals surface area contributed by atoms with E-state index in [0.29, 0.717) is 24.9 Å². The first kappa shape index (κ1) is 35.3. The van der Waals surface area contributed by atoms with Crippen molar-refractivity contribution in [1.29, 1.82) is 0 Å². The van der Waals surface area contributed by atoms with Gasteiger partial charge in [0.25, 0.3) is 0 Å². The van der Waals surface area contributed by atoms with E-state index < -0.39 is 66.1 Å². The highest BCUT2D eigenvalue weighted by atomic mass is 19.1. The standard InChI is InChI=1S/C32H41FN10O5/c33-20-9-7-18(8-10-20)14-22(34)31(48)43-13-11-26(43)30(47)42-24(6-3-12-38-32(36)37)29(46)40-17-27(44)41-25(28(35)45)15-19-16-39-23-5-2-1-4-21(19)23/h1-2,4-5,7-10,16,22,24-26,39H,3,6,11-15,17,34H2,(H2,35,45)(H,40,46)(H,41,44)(H,42,47)(H4,36,37,38)/t22-,24-,25-,26?/m0/s1. The second kappa shape index (κ2) is 16.4. The second-order valence-corrected chi connectivity index (χ2v) is 11.6. The molecule has 0 bridgehead atoms. The quantitative estimate of drug-likeness (QED) is 0.0514. The first-order chi connectivity index (χ1) is 22.9. The Bertz CT molecular complexity index is 1660. The zero-order chi connectivity index (χ0) is 34.8. The number of rotatable bonds is 16. The molecule has 4 atom stereocenters. The lowest BCUT2D eigenvalue weighted by molar-refractivity contribution is -0.149. The minimum absolute atomic E-state index is 0.116. The van der Waals surface area contributed by atoms with E-state index in [1.807, 2.05) is 24.3 Å². The fourth-order valence-electron chi connectivity index (χ4n) is 5.42. The number of benzene rings is 2. The molecule has 5 amide bonds. The molecule has 2 aromatic carbocycles. The van der Waals surface area contributed by atoms with Gasteiger partial charge in [0.1, 0.15) is 23.9 Å². The maximum atomic E-state index is 13.2. The number of nitrogens with zero attached hydrogens (tertiary/aromatic N) is 2. The first-order valence-electron chi connectivity index (χ1n) is 15.5. The molecule has 48 heavy (non-hydrogen) atoms. The highest BCUT2D eigenvalue weighted by molar-refractivity contribution is 5.95. The zero-order valence-electron chi connectivity index (χ0n) is 26.3. The number of hydrogen-bond acceptors (Lipinski definition) is 7. The Morgan fingerprint density at radius 3 is 2.38 bits per heavy atom. The first-order valence-corrected chi connectivity index (χ1v) is 15.5. The van der Waals surface area contributed by atoms with E-state index in [1.54, 1.807) is 6.20 Å². The lowest BCUT2D eigenvalue weighted by Crippen LogP contribution is -2.63. The molecule has 1 aliphatic rings. The van der Waals surface area contributed by atoms with Gasteiger partial charge in [-0.3, -0.25) is 29.0 Å². The Balaban J connectivity index is 1.33. The molecule has 0 saturated carbocycles. The predicted octanol–water partition coefficient (Wildman–Crippen LogP) is -1.35. The number of halogens is 1. The number of guanidine groups is 1. The summed E-state index contributed by atoms with van der Waals surface area (Å²) in [4.78, 5) is 72.8. The van der Waals surface area contributed by atoms with E-state index in [-0.39, 0.29) is 31.8 Å². The van der Waals surface area contributed by atoms with E-state index in [2.05, 4.69) is 25.9 Å². The van der Waals surface area contributed by atoms with E-state index in [1.165, 1.54) is 29.2 Å². The van der Waals surface area contributed by atoms with Crippen LogP contribution >= 0.6 is 0 Å². The lowest BCUT2D eigenvalue weighted by Gasteiger charge is -2.41. The summed E-state index contributed by atoms with van der Waals surface area (Å²) in [5, 5.41) is 8.60. The molecule has 16 heteroatoms. The van der Waals surface area contributed by atoms with Crippen LogP contribution in [0.15, 0.2) is 59.7 Å². The molecule has 1 saturated heterocycles. The summed E-state index contributed by atoms with van der Waals surface area (Å²) in [6.07, 6.45) is 2.81. The van der Waals surface area contributed by atoms with Crippen molar-refractivity contribution < 1.29 is 28.4 Å². The fraction of sp³-hybridized carbons (Fsp3) is 0.375. The van der Waals surface area contributed by atoms with Crippen LogP contribution in [0.5, 0.6) is 0 Å². The third-order valence-corrected chi connectivity index (χ3v) is 8.07. The van der Waals surface area contributed by atoms with Crippen LogP contribution in [-0.2, 0) is 36.8 Å². The lowest BCUT2D eigenvalue weighted by atomic mass is 9.97. The number of carbonyl (C=O) groups is 5. The van der Waals surface area contributed by atoms with Crippen LogP contribution in [0, 0.1) is 5.82 Å². The Kier molecular flexibility index (Phi) is 12.0. The van der Waals surface area contributed by atoms with E-state index in [0.717, 1.165) is 16.5 Å². The second-order valence-electron chi connectivity index (χ2n) is 11.6. The van der Waals surface area contributed by atoms with E-state index in [4.69, 9.17) is 22.9 Å². The maximum Gasteiger partial charge on any atom is 0.243 e. The Labute approximate surface area is 276 Å². The van der Waals surface area contributed by atoms with Gasteiger partial charge < -0.3 is 48.8 Å². The summed E-state index contributed by atoms with van der Waals surface area (Å²) < 4.78 is 13.2. The van der Waals surface area contributed by atoms with Crippen molar-refractivity contribution in [2.45, 2.75) is 56.3 Å². The Morgan fingerprint density at radius 2 is 1.71 bits per heavy atom. The Morgan fingerprint density at radius 1 is 0.979 bits per heavy atom. The number of aromatic nitrogens is 1. The van der Waals surface area contributed by atoms with Crippen molar-refractivity contribution in [3.63, 3.8) is 0 Å². The van der Waals surface area contributed by atoms with Gasteiger partial charge in [0.2, 0.25) is 29.5 Å². The highest BCUT2D eigenvalue weighted by Gasteiger charge is 2.40. The monoisotopic (exact) mass is 664 g/mol. The maximum absolute atomic E-state index is 13.2. The van der Waals surface area contributed by atoms with Gasteiger partial charge >= 0.3 is 0 Å². The highest BCUT2D eigenvalue weighted by Crippen LogP contribution is 2.21. The summed E-state index contributed by atoms with van der Waals surface area (Å²) in [5.41, 5.74) is 24.8. The van der Waals surface area contributed by atoms with Gasteiger partial charge in [0.05, 0.1) is 12.6 Å². The summed E-state index contributed by atoms with van der Waals surface area (Å²) >= 11 is 0. The molecule has 0 radical (unpaired) electrons. The molecule has 1 aromatic heterocycles. The van der Waals surface area contributed by atoms with Crippen LogP contribution in [0.3, 0.4) is 0 Å². The van der Waals surface area contributed by atoms with Crippen LogP contribution in [0.2, 0.25) is 0 Å². The fourth-order valence-corrected chi connectivity index (χ4v) is 5.42. The molecule has 1 fully saturated rings. The Hall–Kier alpha value is -5.51. The number of carbonyl (C=O) groups excluding carboxylic acids is 5. The van der Waals surface area contributed by atoms with Gasteiger partial charge in [0, 0.05) is 36.6 Å². The van der Waals surface area contributed by atoms with Crippen LogP contribution in [0.1, 0.15) is 30.4 Å². The summed E-state index contributed by atoms with van der Waals surface area (Å²) in [5.74, 6) is -3.64. The number of nitrogens with one attached hydrogen (secondary N) is 4. The average Bonchev–Trinajstić information content (AvgIpc) is 3.44. The van der Waals surface area contributed by atoms with E-state index in [9.17, 15) is 28.4 Å². The van der Waals surface area contributed by atoms with E-state index >= 15 is 0 Å². The number of amides is 5. The average molecular weight is 665 g/mol. The molecule has 12 N–H and O–H groups in total. The summed E-state index contributed by atoms with van der Waals surface area (Å²) in [6.45, 7) is -0.0128. The van der Waals surface area contributed by atoms with Crippen LogP contribution in [0.4, 0.5) is 4.39 Å². The van der Waals surface area contributed by atoms with Crippen molar-refractivity contribution in [3.05, 3.63) is 71.7 Å². The third-order valence-electron chi connectivity index (χ3n) is 8.07. The van der Waals surface area contributed by atoms with Crippen LogP contribution in [-0.4, -0.2) is 89.2 Å². The molecule has 0 spiro atoms. The molecule has 0 aliphatic carbocycles. The summed E-state index contributed by atoms with van der Waals surface area (Å²) in [7, 11) is 0. The molecule has 4 rings (SSSR count). The number of H-pyrrole nitrogens is 1. The molecule has 3 aromatic rings. The van der Waals surface area contributed by atoms with Gasteiger partial charge in [-0.05, 0) is 55.0 Å². The van der Waals surface area contributed by atoms with Crippen molar-refractivity contribution in [1.82, 2.24) is 25.8 Å². The van der Waals surface area contributed by atoms with Gasteiger partial charge in [-0.2, -0.15) is 0 Å². The molecule has 1 aliphatic heterocycles. The third kappa shape index (κ3) is 9.51. The number of likely N-dealkylation sites (tertiary alicyclic amines) is 1. The van der Waals surface area contributed by atoms with Gasteiger partial charge in [-0.25, -0.2) is 4.39 Å².